The first-order chi connectivity index (χ1) is 9.31. The lowest BCUT2D eigenvalue weighted by Crippen LogP contribution is -2.33. The molecule has 0 fully saturated rings. The second kappa shape index (κ2) is 7.29. The highest BCUT2D eigenvalue weighted by Gasteiger charge is 2.22. The standard InChI is InChI=1S/C16H24O4/c1-12(15(17)20-16(2,3)4)19-14-8-6-13(7-9-14)10-11-18-5/h6-9,12H,10-11H2,1-5H3. The lowest BCUT2D eigenvalue weighted by molar-refractivity contribution is -0.162. The molecule has 1 atom stereocenters. The third-order valence-electron chi connectivity index (χ3n) is 2.57. The zero-order valence-electron chi connectivity index (χ0n) is 12.9. The van der Waals surface area contributed by atoms with E-state index in [1.54, 1.807) is 14.0 Å². The Morgan fingerprint density at radius 3 is 2.30 bits per heavy atom. The van der Waals surface area contributed by atoms with Crippen LogP contribution in [0.25, 0.3) is 0 Å². The summed E-state index contributed by atoms with van der Waals surface area (Å²) in [5.41, 5.74) is 0.669. The Morgan fingerprint density at radius 2 is 1.80 bits per heavy atom. The number of carbonyl (C=O) groups excluding carboxylic acids is 1. The van der Waals surface area contributed by atoms with E-state index in [-0.39, 0.29) is 5.97 Å². The summed E-state index contributed by atoms with van der Waals surface area (Å²) in [7, 11) is 1.68. The van der Waals surface area contributed by atoms with Crippen molar-refractivity contribution in [3.05, 3.63) is 29.8 Å². The molecule has 20 heavy (non-hydrogen) atoms. The molecule has 0 aliphatic heterocycles. The smallest absolute Gasteiger partial charge is 0.347 e. The van der Waals surface area contributed by atoms with E-state index in [0.717, 1.165) is 6.42 Å². The van der Waals surface area contributed by atoms with E-state index in [4.69, 9.17) is 14.2 Å². The first kappa shape index (κ1) is 16.5. The van der Waals surface area contributed by atoms with Crippen molar-refractivity contribution >= 4 is 5.97 Å². The normalized spacial score (nSPS) is 12.8. The Bertz CT molecular complexity index is 417. The number of ether oxygens (including phenoxy) is 3. The number of carbonyl (C=O) groups is 1. The van der Waals surface area contributed by atoms with Crippen LogP contribution in [0.5, 0.6) is 5.75 Å². The Labute approximate surface area is 121 Å². The van der Waals surface area contributed by atoms with Crippen LogP contribution in [0.1, 0.15) is 33.3 Å². The zero-order chi connectivity index (χ0) is 15.2. The monoisotopic (exact) mass is 280 g/mol. The minimum Gasteiger partial charge on any atom is -0.479 e. The predicted octanol–water partition coefficient (Wildman–Crippen LogP) is 2.98. The van der Waals surface area contributed by atoms with Gasteiger partial charge in [-0.3, -0.25) is 0 Å². The summed E-state index contributed by atoms with van der Waals surface area (Å²) < 4.78 is 15.9. The highest BCUT2D eigenvalue weighted by atomic mass is 16.6. The number of esters is 1. The lowest BCUT2D eigenvalue weighted by Gasteiger charge is -2.22. The largest absolute Gasteiger partial charge is 0.479 e. The van der Waals surface area contributed by atoms with Crippen LogP contribution in [0.15, 0.2) is 24.3 Å². The molecule has 0 saturated heterocycles. The molecular formula is C16H24O4. The van der Waals surface area contributed by atoms with E-state index in [1.165, 1.54) is 5.56 Å². The fourth-order valence-electron chi connectivity index (χ4n) is 1.59. The summed E-state index contributed by atoms with van der Waals surface area (Å²) in [6.07, 6.45) is 0.234. The first-order valence-corrected chi connectivity index (χ1v) is 6.79. The average Bonchev–Trinajstić information content (AvgIpc) is 2.36. The average molecular weight is 280 g/mol. The van der Waals surface area contributed by atoms with E-state index < -0.39 is 11.7 Å². The Balaban J connectivity index is 2.53. The van der Waals surface area contributed by atoms with Crippen molar-refractivity contribution in [3.8, 4) is 5.75 Å². The summed E-state index contributed by atoms with van der Waals surface area (Å²) in [6.45, 7) is 7.88. The van der Waals surface area contributed by atoms with Crippen LogP contribution in [0, 0.1) is 0 Å². The van der Waals surface area contributed by atoms with Crippen molar-refractivity contribution in [3.63, 3.8) is 0 Å². The van der Waals surface area contributed by atoms with Crippen molar-refractivity contribution in [1.82, 2.24) is 0 Å². The molecule has 4 heteroatoms. The fraction of sp³-hybridized carbons (Fsp3) is 0.562. The molecule has 0 heterocycles. The maximum absolute atomic E-state index is 11.8. The molecule has 1 aromatic rings. The van der Waals surface area contributed by atoms with Gasteiger partial charge in [-0.15, -0.1) is 0 Å². The van der Waals surface area contributed by atoms with Crippen LogP contribution in [-0.4, -0.2) is 31.4 Å². The molecule has 0 N–H and O–H groups in total. The lowest BCUT2D eigenvalue weighted by atomic mass is 10.1. The molecule has 0 bridgehead atoms. The van der Waals surface area contributed by atoms with Crippen molar-refractivity contribution in [2.75, 3.05) is 13.7 Å². The van der Waals surface area contributed by atoms with E-state index in [9.17, 15) is 4.79 Å². The molecule has 0 aliphatic carbocycles. The van der Waals surface area contributed by atoms with E-state index in [1.807, 2.05) is 45.0 Å². The van der Waals surface area contributed by atoms with Gasteiger partial charge < -0.3 is 14.2 Å². The molecule has 0 amide bonds. The topological polar surface area (TPSA) is 44.8 Å². The van der Waals surface area contributed by atoms with Crippen molar-refractivity contribution < 1.29 is 19.0 Å². The van der Waals surface area contributed by atoms with E-state index in [2.05, 4.69) is 0 Å². The van der Waals surface area contributed by atoms with Gasteiger partial charge in [0.25, 0.3) is 0 Å². The molecular weight excluding hydrogens is 256 g/mol. The second-order valence-corrected chi connectivity index (χ2v) is 5.68. The number of methoxy groups -OCH3 is 1. The Hall–Kier alpha value is -1.55. The molecule has 0 radical (unpaired) electrons. The molecule has 0 spiro atoms. The van der Waals surface area contributed by atoms with Gasteiger partial charge >= 0.3 is 5.97 Å². The number of hydrogen-bond donors (Lipinski definition) is 0. The van der Waals surface area contributed by atoms with Gasteiger partial charge in [-0.2, -0.15) is 0 Å². The van der Waals surface area contributed by atoms with Crippen LogP contribution in [0.4, 0.5) is 0 Å². The number of benzene rings is 1. The highest BCUT2D eigenvalue weighted by Crippen LogP contribution is 2.16. The summed E-state index contributed by atoms with van der Waals surface area (Å²) in [4.78, 5) is 11.8. The maximum Gasteiger partial charge on any atom is 0.347 e. The molecule has 1 unspecified atom stereocenters. The summed E-state index contributed by atoms with van der Waals surface area (Å²) in [6, 6.07) is 7.64. The van der Waals surface area contributed by atoms with Crippen LogP contribution in [0.3, 0.4) is 0 Å². The minimum atomic E-state index is -0.626. The minimum absolute atomic E-state index is 0.360. The van der Waals surface area contributed by atoms with Crippen molar-refractivity contribution in [1.29, 1.82) is 0 Å². The quantitative estimate of drug-likeness (QED) is 0.751. The van der Waals surface area contributed by atoms with Crippen LogP contribution in [-0.2, 0) is 20.7 Å². The summed E-state index contributed by atoms with van der Waals surface area (Å²) in [5.74, 6) is 0.297. The Morgan fingerprint density at radius 1 is 1.20 bits per heavy atom. The SMILES string of the molecule is COCCc1ccc(OC(C)C(=O)OC(C)(C)C)cc1. The second-order valence-electron chi connectivity index (χ2n) is 5.68. The summed E-state index contributed by atoms with van der Waals surface area (Å²) in [5, 5.41) is 0. The zero-order valence-corrected chi connectivity index (χ0v) is 12.9. The van der Waals surface area contributed by atoms with E-state index in [0.29, 0.717) is 12.4 Å². The van der Waals surface area contributed by atoms with Gasteiger partial charge in [0.1, 0.15) is 11.4 Å². The molecule has 1 rings (SSSR count). The summed E-state index contributed by atoms with van der Waals surface area (Å²) >= 11 is 0. The van der Waals surface area contributed by atoms with Gasteiger partial charge in [0, 0.05) is 7.11 Å². The maximum atomic E-state index is 11.8. The van der Waals surface area contributed by atoms with Crippen LogP contribution >= 0.6 is 0 Å². The van der Waals surface area contributed by atoms with Gasteiger partial charge in [0.15, 0.2) is 6.10 Å². The molecule has 4 nitrogen and oxygen atoms in total. The van der Waals surface area contributed by atoms with Gasteiger partial charge in [0.2, 0.25) is 0 Å². The first-order valence-electron chi connectivity index (χ1n) is 6.79. The van der Waals surface area contributed by atoms with Crippen LogP contribution < -0.4 is 4.74 Å². The third-order valence-corrected chi connectivity index (χ3v) is 2.57. The van der Waals surface area contributed by atoms with Crippen molar-refractivity contribution in [2.45, 2.75) is 45.8 Å². The molecule has 0 saturated carbocycles. The fourth-order valence-corrected chi connectivity index (χ4v) is 1.59. The van der Waals surface area contributed by atoms with Gasteiger partial charge in [-0.25, -0.2) is 4.79 Å². The molecule has 0 aliphatic rings. The van der Waals surface area contributed by atoms with Gasteiger partial charge in [-0.05, 0) is 51.8 Å². The molecule has 1 aromatic carbocycles. The van der Waals surface area contributed by atoms with Crippen molar-refractivity contribution in [2.24, 2.45) is 0 Å². The molecule has 112 valence electrons. The van der Waals surface area contributed by atoms with Crippen LogP contribution in [0.2, 0.25) is 0 Å². The van der Waals surface area contributed by atoms with Gasteiger partial charge in [-0.1, -0.05) is 12.1 Å². The third kappa shape index (κ3) is 6.06. The Kier molecular flexibility index (Phi) is 6.02. The highest BCUT2D eigenvalue weighted by molar-refractivity contribution is 5.75. The number of rotatable bonds is 6. The predicted molar refractivity (Wildman–Crippen MR) is 78.0 cm³/mol. The van der Waals surface area contributed by atoms with E-state index >= 15 is 0 Å². The number of hydrogen-bond acceptors (Lipinski definition) is 4. The van der Waals surface area contributed by atoms with Gasteiger partial charge in [0.05, 0.1) is 6.61 Å². The molecule has 0 aromatic heterocycles.